The third-order valence-electron chi connectivity index (χ3n) is 5.88. The molecule has 4 fully saturated rings. The SMILES string of the molecule is CCOP(=O)(NC(C)CC12CC3CC(CC(C3)C1)C2)OCC. The van der Waals surface area contributed by atoms with Crippen molar-refractivity contribution in [3.05, 3.63) is 0 Å². The van der Waals surface area contributed by atoms with E-state index in [1.165, 1.54) is 38.5 Å². The van der Waals surface area contributed by atoms with Crippen molar-refractivity contribution in [1.29, 1.82) is 0 Å². The minimum atomic E-state index is -3.13. The molecule has 0 aromatic carbocycles. The van der Waals surface area contributed by atoms with Gasteiger partial charge in [-0.25, -0.2) is 9.65 Å². The molecule has 4 nitrogen and oxygen atoms in total. The molecule has 0 heterocycles. The van der Waals surface area contributed by atoms with Crippen molar-refractivity contribution in [2.75, 3.05) is 13.2 Å². The van der Waals surface area contributed by atoms with Gasteiger partial charge in [-0.3, -0.25) is 9.05 Å². The Hall–Kier alpha value is 0.110. The van der Waals surface area contributed by atoms with Crippen LogP contribution in [0.25, 0.3) is 0 Å². The van der Waals surface area contributed by atoms with Crippen molar-refractivity contribution in [1.82, 2.24) is 5.09 Å². The van der Waals surface area contributed by atoms with E-state index in [4.69, 9.17) is 9.05 Å². The molecule has 0 aromatic rings. The highest BCUT2D eigenvalue weighted by molar-refractivity contribution is 7.51. The molecule has 0 amide bonds. The molecule has 4 rings (SSSR count). The second-order valence-corrected chi connectivity index (χ2v) is 9.75. The molecule has 0 radical (unpaired) electrons. The Morgan fingerprint density at radius 1 is 1.05 bits per heavy atom. The highest BCUT2D eigenvalue weighted by Gasteiger charge is 2.51. The van der Waals surface area contributed by atoms with Gasteiger partial charge in [0.2, 0.25) is 0 Å². The van der Waals surface area contributed by atoms with Gasteiger partial charge in [-0.1, -0.05) is 0 Å². The van der Waals surface area contributed by atoms with Crippen LogP contribution in [0.2, 0.25) is 0 Å². The lowest BCUT2D eigenvalue weighted by molar-refractivity contribution is -0.0605. The maximum atomic E-state index is 12.7. The molecule has 1 unspecified atom stereocenters. The Kier molecular flexibility index (Phi) is 5.04. The zero-order valence-electron chi connectivity index (χ0n) is 14.3. The normalized spacial score (nSPS) is 38.4. The van der Waals surface area contributed by atoms with Crippen molar-refractivity contribution in [3.8, 4) is 0 Å². The van der Waals surface area contributed by atoms with E-state index >= 15 is 0 Å². The van der Waals surface area contributed by atoms with Crippen molar-refractivity contribution >= 4 is 7.75 Å². The van der Waals surface area contributed by atoms with Crippen LogP contribution in [-0.4, -0.2) is 19.3 Å². The summed E-state index contributed by atoms with van der Waals surface area (Å²) < 4.78 is 23.4. The lowest BCUT2D eigenvalue weighted by atomic mass is 9.48. The summed E-state index contributed by atoms with van der Waals surface area (Å²) in [6, 6.07) is 0.181. The fourth-order valence-electron chi connectivity index (χ4n) is 5.96. The first-order valence-corrected chi connectivity index (χ1v) is 10.7. The maximum Gasteiger partial charge on any atom is 0.405 e. The third kappa shape index (κ3) is 3.61. The van der Waals surface area contributed by atoms with Crippen LogP contribution in [0.15, 0.2) is 0 Å². The standard InChI is InChI=1S/C17H32NO3P/c1-4-20-22(19,21-5-2)18-13(3)9-17-10-14-6-15(11-17)8-16(7-14)12-17/h13-16H,4-12H2,1-3H3,(H,18,19). The van der Waals surface area contributed by atoms with Crippen LogP contribution in [0.3, 0.4) is 0 Å². The zero-order chi connectivity index (χ0) is 15.8. The summed E-state index contributed by atoms with van der Waals surface area (Å²) in [6.45, 7) is 6.68. The first kappa shape index (κ1) is 17.0. The smallest absolute Gasteiger partial charge is 0.297 e. The fourth-order valence-corrected chi connectivity index (χ4v) is 7.49. The van der Waals surface area contributed by atoms with E-state index in [1.807, 2.05) is 13.8 Å². The summed E-state index contributed by atoms with van der Waals surface area (Å²) in [5.41, 5.74) is 0.491. The molecule has 1 atom stereocenters. The van der Waals surface area contributed by atoms with E-state index in [0.29, 0.717) is 18.6 Å². The first-order valence-electron chi connectivity index (χ1n) is 9.13. The summed E-state index contributed by atoms with van der Waals surface area (Å²) in [6.07, 6.45) is 9.68. The summed E-state index contributed by atoms with van der Waals surface area (Å²) in [7, 11) is -3.13. The molecule has 0 aromatic heterocycles. The summed E-state index contributed by atoms with van der Waals surface area (Å²) >= 11 is 0. The Bertz CT molecular complexity index is 394. The molecule has 128 valence electrons. The highest BCUT2D eigenvalue weighted by Crippen LogP contribution is 2.62. The molecular weight excluding hydrogens is 297 g/mol. The van der Waals surface area contributed by atoms with Gasteiger partial charge in [0.1, 0.15) is 0 Å². The molecule has 4 bridgehead atoms. The van der Waals surface area contributed by atoms with E-state index in [9.17, 15) is 4.57 Å². The van der Waals surface area contributed by atoms with Gasteiger partial charge in [0.05, 0.1) is 13.2 Å². The Morgan fingerprint density at radius 2 is 1.50 bits per heavy atom. The molecule has 0 spiro atoms. The van der Waals surface area contributed by atoms with Gasteiger partial charge in [0.15, 0.2) is 0 Å². The second-order valence-electron chi connectivity index (χ2n) is 7.98. The molecule has 0 aliphatic heterocycles. The van der Waals surface area contributed by atoms with Gasteiger partial charge >= 0.3 is 7.75 Å². The maximum absolute atomic E-state index is 12.7. The predicted molar refractivity (Wildman–Crippen MR) is 88.7 cm³/mol. The van der Waals surface area contributed by atoms with Gasteiger partial charge in [-0.05, 0) is 88.9 Å². The van der Waals surface area contributed by atoms with Crippen LogP contribution >= 0.6 is 7.75 Å². The highest BCUT2D eigenvalue weighted by atomic mass is 31.2. The van der Waals surface area contributed by atoms with Crippen LogP contribution in [-0.2, 0) is 13.6 Å². The van der Waals surface area contributed by atoms with Crippen molar-refractivity contribution < 1.29 is 13.6 Å². The van der Waals surface area contributed by atoms with E-state index in [1.54, 1.807) is 0 Å². The molecule has 4 aliphatic rings. The average Bonchev–Trinajstić information content (AvgIpc) is 2.35. The molecule has 22 heavy (non-hydrogen) atoms. The van der Waals surface area contributed by atoms with E-state index < -0.39 is 7.75 Å². The van der Waals surface area contributed by atoms with Gasteiger partial charge in [0.25, 0.3) is 0 Å². The Balaban J connectivity index is 1.61. The number of hydrogen-bond donors (Lipinski definition) is 1. The predicted octanol–water partition coefficient (Wildman–Crippen LogP) is 4.75. The van der Waals surface area contributed by atoms with Crippen LogP contribution in [0.5, 0.6) is 0 Å². The average molecular weight is 329 g/mol. The van der Waals surface area contributed by atoms with Gasteiger partial charge in [-0.15, -0.1) is 0 Å². The minimum absolute atomic E-state index is 0.181. The van der Waals surface area contributed by atoms with Crippen molar-refractivity contribution in [3.63, 3.8) is 0 Å². The van der Waals surface area contributed by atoms with Gasteiger partial charge in [0, 0.05) is 6.04 Å². The van der Waals surface area contributed by atoms with E-state index in [0.717, 1.165) is 24.2 Å². The number of rotatable bonds is 8. The largest absolute Gasteiger partial charge is 0.405 e. The lowest BCUT2D eigenvalue weighted by Crippen LogP contribution is -2.48. The molecule has 4 aliphatic carbocycles. The van der Waals surface area contributed by atoms with Gasteiger partial charge in [-0.2, -0.15) is 0 Å². The topological polar surface area (TPSA) is 47.6 Å². The fraction of sp³-hybridized carbons (Fsp3) is 1.00. The molecule has 5 heteroatoms. The molecular formula is C17H32NO3P. The van der Waals surface area contributed by atoms with E-state index in [-0.39, 0.29) is 6.04 Å². The molecule has 4 saturated carbocycles. The van der Waals surface area contributed by atoms with Crippen LogP contribution in [0.4, 0.5) is 0 Å². The Labute approximate surface area is 135 Å². The summed E-state index contributed by atoms with van der Waals surface area (Å²) in [4.78, 5) is 0. The van der Waals surface area contributed by atoms with Crippen molar-refractivity contribution in [2.24, 2.45) is 23.2 Å². The molecule has 1 N–H and O–H groups in total. The summed E-state index contributed by atoms with van der Waals surface area (Å²) in [5, 5.41) is 3.18. The van der Waals surface area contributed by atoms with Crippen molar-refractivity contribution in [2.45, 2.75) is 71.8 Å². The van der Waals surface area contributed by atoms with Crippen LogP contribution in [0.1, 0.15) is 65.7 Å². The summed E-state index contributed by atoms with van der Waals surface area (Å²) in [5.74, 6) is 2.89. The Morgan fingerprint density at radius 3 is 1.91 bits per heavy atom. The third-order valence-corrected chi connectivity index (χ3v) is 7.83. The second kappa shape index (κ2) is 6.55. The van der Waals surface area contributed by atoms with Gasteiger partial charge < -0.3 is 0 Å². The zero-order valence-corrected chi connectivity index (χ0v) is 15.2. The minimum Gasteiger partial charge on any atom is -0.297 e. The number of hydrogen-bond acceptors (Lipinski definition) is 3. The first-order chi connectivity index (χ1) is 10.5. The lowest BCUT2D eigenvalue weighted by Gasteiger charge is -2.57. The van der Waals surface area contributed by atoms with Crippen LogP contribution in [0, 0.1) is 23.2 Å². The quantitative estimate of drug-likeness (QED) is 0.653. The van der Waals surface area contributed by atoms with E-state index in [2.05, 4.69) is 12.0 Å². The number of nitrogens with one attached hydrogen (secondary N) is 1. The van der Waals surface area contributed by atoms with Crippen LogP contribution < -0.4 is 5.09 Å². The molecule has 0 saturated heterocycles. The monoisotopic (exact) mass is 329 g/mol.